The van der Waals surface area contributed by atoms with E-state index in [1.165, 1.54) is 0 Å². The third kappa shape index (κ3) is 4.53. The van der Waals surface area contributed by atoms with Gasteiger partial charge in [0.15, 0.2) is 5.82 Å². The Bertz CT molecular complexity index is 635. The second-order valence-electron chi connectivity index (χ2n) is 5.79. The average molecular weight is 315 g/mol. The lowest BCUT2D eigenvalue weighted by molar-refractivity contribution is 0.188. The van der Waals surface area contributed by atoms with Gasteiger partial charge in [-0.3, -0.25) is 15.2 Å². The van der Waals surface area contributed by atoms with Crippen LogP contribution >= 0.6 is 0 Å². The quantitative estimate of drug-likeness (QED) is 0.903. The van der Waals surface area contributed by atoms with Gasteiger partial charge in [0.25, 0.3) is 0 Å². The first kappa shape index (κ1) is 15.5. The van der Waals surface area contributed by atoms with E-state index in [0.717, 1.165) is 38.2 Å². The van der Waals surface area contributed by atoms with Crippen molar-refractivity contribution in [3.8, 4) is 0 Å². The molecule has 0 unspecified atom stereocenters. The summed E-state index contributed by atoms with van der Waals surface area (Å²) in [7, 11) is 0. The van der Waals surface area contributed by atoms with Crippen molar-refractivity contribution in [2.45, 2.75) is 32.4 Å². The molecule has 1 aliphatic rings. The summed E-state index contributed by atoms with van der Waals surface area (Å²) >= 11 is 0. The molecule has 1 saturated heterocycles. The van der Waals surface area contributed by atoms with E-state index in [-0.39, 0.29) is 12.1 Å². The Balaban J connectivity index is 1.41. The molecule has 7 heteroatoms. The van der Waals surface area contributed by atoms with Crippen LogP contribution in [0.5, 0.6) is 0 Å². The molecule has 3 rings (SSSR count). The molecule has 2 amide bonds. The van der Waals surface area contributed by atoms with Gasteiger partial charge in [-0.05, 0) is 31.9 Å². The zero-order chi connectivity index (χ0) is 16.1. The topological polar surface area (TPSA) is 83.3 Å². The predicted molar refractivity (Wildman–Crippen MR) is 85.9 cm³/mol. The van der Waals surface area contributed by atoms with Gasteiger partial charge in [-0.2, -0.15) is 0 Å². The first-order valence-corrected chi connectivity index (χ1v) is 7.82. The molecule has 0 radical (unpaired) electrons. The summed E-state index contributed by atoms with van der Waals surface area (Å²) in [6, 6.07) is 7.61. The Labute approximate surface area is 135 Å². The number of hydrogen-bond donors (Lipinski definition) is 2. The first-order valence-electron chi connectivity index (χ1n) is 7.82. The summed E-state index contributed by atoms with van der Waals surface area (Å²) < 4.78 is 4.92. The second-order valence-corrected chi connectivity index (χ2v) is 5.79. The van der Waals surface area contributed by atoms with Crippen molar-refractivity contribution in [2.75, 3.05) is 18.4 Å². The minimum absolute atomic E-state index is 0.183. The number of aryl methyl sites for hydroxylation is 1. The normalized spacial score (nSPS) is 16.2. The first-order chi connectivity index (χ1) is 11.2. The van der Waals surface area contributed by atoms with Gasteiger partial charge < -0.3 is 9.84 Å². The number of nitrogens with one attached hydrogen (secondary N) is 2. The molecule has 1 aliphatic heterocycles. The van der Waals surface area contributed by atoms with Gasteiger partial charge in [0, 0.05) is 37.9 Å². The van der Waals surface area contributed by atoms with Gasteiger partial charge in [0.1, 0.15) is 5.76 Å². The number of hydrogen-bond acceptors (Lipinski definition) is 5. The molecule has 0 spiro atoms. The molecule has 0 atom stereocenters. The molecule has 23 heavy (non-hydrogen) atoms. The monoisotopic (exact) mass is 315 g/mol. The molecule has 7 nitrogen and oxygen atoms in total. The SMILES string of the molecule is Cc1cc(NC(=O)NC2CCN(Cc3ccccn3)CC2)no1. The van der Waals surface area contributed by atoms with Gasteiger partial charge in [0.2, 0.25) is 0 Å². The van der Waals surface area contributed by atoms with Crippen molar-refractivity contribution in [3.63, 3.8) is 0 Å². The van der Waals surface area contributed by atoms with E-state index in [4.69, 9.17) is 4.52 Å². The number of carbonyl (C=O) groups is 1. The van der Waals surface area contributed by atoms with Crippen LogP contribution in [0, 0.1) is 6.92 Å². The lowest BCUT2D eigenvalue weighted by Gasteiger charge is -2.32. The molecule has 0 saturated carbocycles. The van der Waals surface area contributed by atoms with Crippen LogP contribution in [0.25, 0.3) is 0 Å². The van der Waals surface area contributed by atoms with Crippen LogP contribution in [-0.2, 0) is 6.54 Å². The Kier molecular flexibility index (Phi) is 4.87. The highest BCUT2D eigenvalue weighted by atomic mass is 16.5. The standard InChI is InChI=1S/C16H21N5O2/c1-12-10-15(20-23-12)19-16(22)18-13-5-8-21(9-6-13)11-14-4-2-3-7-17-14/h2-4,7,10,13H,5-6,8-9,11H2,1H3,(H2,18,19,20,22). The van der Waals surface area contributed by atoms with Gasteiger partial charge in [-0.25, -0.2) is 4.79 Å². The van der Waals surface area contributed by atoms with E-state index < -0.39 is 0 Å². The third-order valence-electron chi connectivity index (χ3n) is 3.90. The maximum absolute atomic E-state index is 11.9. The number of rotatable bonds is 4. The number of urea groups is 1. The van der Waals surface area contributed by atoms with Crippen LogP contribution in [0.1, 0.15) is 24.3 Å². The lowest BCUT2D eigenvalue weighted by Crippen LogP contribution is -2.45. The Hall–Kier alpha value is -2.41. The van der Waals surface area contributed by atoms with Crippen molar-refractivity contribution in [1.82, 2.24) is 20.4 Å². The van der Waals surface area contributed by atoms with Crippen molar-refractivity contribution in [1.29, 1.82) is 0 Å². The molecule has 2 N–H and O–H groups in total. The molecule has 2 aromatic heterocycles. The number of aromatic nitrogens is 2. The van der Waals surface area contributed by atoms with Crippen molar-refractivity contribution in [3.05, 3.63) is 41.9 Å². The maximum Gasteiger partial charge on any atom is 0.320 e. The summed E-state index contributed by atoms with van der Waals surface area (Å²) in [5, 5.41) is 9.42. The second kappa shape index (κ2) is 7.23. The zero-order valence-corrected chi connectivity index (χ0v) is 13.2. The highest BCUT2D eigenvalue weighted by molar-refractivity contribution is 5.88. The number of likely N-dealkylation sites (tertiary alicyclic amines) is 1. The van der Waals surface area contributed by atoms with Crippen molar-refractivity contribution >= 4 is 11.8 Å². The molecule has 0 aliphatic carbocycles. The predicted octanol–water partition coefficient (Wildman–Crippen LogP) is 2.16. The van der Waals surface area contributed by atoms with Gasteiger partial charge in [0.05, 0.1) is 5.69 Å². The van der Waals surface area contributed by atoms with Crippen LogP contribution in [-0.4, -0.2) is 40.2 Å². The highest BCUT2D eigenvalue weighted by Crippen LogP contribution is 2.13. The molecular formula is C16H21N5O2. The fourth-order valence-corrected chi connectivity index (χ4v) is 2.72. The van der Waals surface area contributed by atoms with Gasteiger partial charge >= 0.3 is 6.03 Å². The van der Waals surface area contributed by atoms with Crippen LogP contribution < -0.4 is 10.6 Å². The van der Waals surface area contributed by atoms with Crippen LogP contribution in [0.3, 0.4) is 0 Å². The third-order valence-corrected chi connectivity index (χ3v) is 3.90. The lowest BCUT2D eigenvalue weighted by atomic mass is 10.1. The molecule has 2 aromatic rings. The van der Waals surface area contributed by atoms with E-state index in [1.807, 2.05) is 24.4 Å². The van der Waals surface area contributed by atoms with Crippen LogP contribution in [0.15, 0.2) is 35.0 Å². The van der Waals surface area contributed by atoms with E-state index in [1.54, 1.807) is 13.0 Å². The number of piperidine rings is 1. The van der Waals surface area contributed by atoms with E-state index in [0.29, 0.717) is 11.6 Å². The van der Waals surface area contributed by atoms with E-state index in [2.05, 4.69) is 25.7 Å². The van der Waals surface area contributed by atoms with Crippen LogP contribution in [0.4, 0.5) is 10.6 Å². The fourth-order valence-electron chi connectivity index (χ4n) is 2.72. The molecule has 0 aromatic carbocycles. The number of carbonyl (C=O) groups excluding carboxylic acids is 1. The van der Waals surface area contributed by atoms with E-state index in [9.17, 15) is 4.79 Å². The summed E-state index contributed by atoms with van der Waals surface area (Å²) in [4.78, 5) is 18.6. The summed E-state index contributed by atoms with van der Waals surface area (Å²) in [6.07, 6.45) is 3.68. The fraction of sp³-hybridized carbons (Fsp3) is 0.438. The Morgan fingerprint density at radius 3 is 2.87 bits per heavy atom. The minimum Gasteiger partial charge on any atom is -0.360 e. The van der Waals surface area contributed by atoms with Gasteiger partial charge in [-0.15, -0.1) is 0 Å². The van der Waals surface area contributed by atoms with E-state index >= 15 is 0 Å². The molecule has 1 fully saturated rings. The molecule has 3 heterocycles. The number of nitrogens with zero attached hydrogens (tertiary/aromatic N) is 3. The average Bonchev–Trinajstić information content (AvgIpc) is 2.95. The van der Waals surface area contributed by atoms with Crippen LogP contribution in [0.2, 0.25) is 0 Å². The Morgan fingerprint density at radius 1 is 1.39 bits per heavy atom. The number of amides is 2. The number of pyridine rings is 1. The van der Waals surface area contributed by atoms with Crippen molar-refractivity contribution in [2.24, 2.45) is 0 Å². The maximum atomic E-state index is 11.9. The zero-order valence-electron chi connectivity index (χ0n) is 13.2. The molecule has 122 valence electrons. The Morgan fingerprint density at radius 2 is 2.22 bits per heavy atom. The molecule has 0 bridgehead atoms. The summed E-state index contributed by atoms with van der Waals surface area (Å²) in [5.41, 5.74) is 1.08. The summed E-state index contributed by atoms with van der Waals surface area (Å²) in [6.45, 7) is 4.54. The number of anilines is 1. The highest BCUT2D eigenvalue weighted by Gasteiger charge is 2.21. The minimum atomic E-state index is -0.235. The van der Waals surface area contributed by atoms with Gasteiger partial charge in [-0.1, -0.05) is 11.2 Å². The smallest absolute Gasteiger partial charge is 0.320 e. The van der Waals surface area contributed by atoms with Crippen molar-refractivity contribution < 1.29 is 9.32 Å². The summed E-state index contributed by atoms with van der Waals surface area (Å²) in [5.74, 6) is 1.11. The molecular weight excluding hydrogens is 294 g/mol. The largest absolute Gasteiger partial charge is 0.360 e.